The summed E-state index contributed by atoms with van der Waals surface area (Å²) in [5.41, 5.74) is 0.774. The molecule has 2 aliphatic heterocycles. The molecular weight excluding hydrogens is 340 g/mol. The number of hydrogen-bond acceptors (Lipinski definition) is 5. The average Bonchev–Trinajstić information content (AvgIpc) is 2.98. The summed E-state index contributed by atoms with van der Waals surface area (Å²) in [6.45, 7) is 5.91. The predicted octanol–water partition coefficient (Wildman–Crippen LogP) is 0.923. The molecule has 0 radical (unpaired) electrons. The van der Waals surface area contributed by atoms with E-state index in [1.54, 1.807) is 39.1 Å². The minimum absolute atomic E-state index is 0.0474. The van der Waals surface area contributed by atoms with Gasteiger partial charge in [0.2, 0.25) is 11.8 Å². The van der Waals surface area contributed by atoms with Gasteiger partial charge in [-0.15, -0.1) is 0 Å². The van der Waals surface area contributed by atoms with Crippen LogP contribution in [0.15, 0.2) is 16.0 Å². The van der Waals surface area contributed by atoms with E-state index in [0.29, 0.717) is 38.4 Å². The van der Waals surface area contributed by atoms with Crippen molar-refractivity contribution in [2.24, 2.45) is 0 Å². The number of aromatic nitrogens is 2. The van der Waals surface area contributed by atoms with Gasteiger partial charge < -0.3 is 9.80 Å². The molecule has 3 rings (SSSR count). The molecule has 1 unspecified atom stereocenters. The van der Waals surface area contributed by atoms with Gasteiger partial charge >= 0.3 is 0 Å². The first-order valence-electron chi connectivity index (χ1n) is 8.78. The Labute approximate surface area is 151 Å². The number of carbonyl (C=O) groups is 2. The van der Waals surface area contributed by atoms with Crippen LogP contribution in [0.5, 0.6) is 0 Å². The van der Waals surface area contributed by atoms with Gasteiger partial charge in [0.05, 0.1) is 6.04 Å². The fourth-order valence-electron chi connectivity index (χ4n) is 3.33. The maximum absolute atomic E-state index is 12.6. The Bertz CT molecular complexity index is 725. The third-order valence-electron chi connectivity index (χ3n) is 4.74. The Morgan fingerprint density at radius 1 is 1.24 bits per heavy atom. The number of thioether (sulfide) groups is 1. The highest BCUT2D eigenvalue weighted by Crippen LogP contribution is 2.32. The molecule has 2 amide bonds. The van der Waals surface area contributed by atoms with Crippen molar-refractivity contribution in [3.05, 3.63) is 22.1 Å². The monoisotopic (exact) mass is 364 g/mol. The molecule has 2 aliphatic rings. The highest BCUT2D eigenvalue weighted by Gasteiger charge is 2.30. The molecule has 1 atom stereocenters. The first-order valence-corrected chi connectivity index (χ1v) is 9.76. The second-order valence-electron chi connectivity index (χ2n) is 6.54. The van der Waals surface area contributed by atoms with Crippen molar-refractivity contribution in [1.82, 2.24) is 19.4 Å². The molecule has 0 aromatic carbocycles. The van der Waals surface area contributed by atoms with Gasteiger partial charge in [0, 0.05) is 57.0 Å². The van der Waals surface area contributed by atoms with E-state index in [1.807, 2.05) is 0 Å². The summed E-state index contributed by atoms with van der Waals surface area (Å²) >= 11 is 1.55. The highest BCUT2D eigenvalue weighted by molar-refractivity contribution is 7.99. The maximum atomic E-state index is 12.6. The Morgan fingerprint density at radius 3 is 2.56 bits per heavy atom. The molecule has 0 saturated carbocycles. The van der Waals surface area contributed by atoms with E-state index in [4.69, 9.17) is 0 Å². The van der Waals surface area contributed by atoms with Gasteiger partial charge in [0.25, 0.3) is 5.56 Å². The molecule has 0 N–H and O–H groups in total. The van der Waals surface area contributed by atoms with Crippen molar-refractivity contribution >= 4 is 23.6 Å². The molecule has 0 bridgehead atoms. The Morgan fingerprint density at radius 2 is 1.92 bits per heavy atom. The van der Waals surface area contributed by atoms with Crippen molar-refractivity contribution in [2.75, 3.05) is 31.9 Å². The number of aryl methyl sites for hydroxylation is 1. The first kappa shape index (κ1) is 18.0. The first-order chi connectivity index (χ1) is 12.0. The van der Waals surface area contributed by atoms with Crippen molar-refractivity contribution in [3.8, 4) is 0 Å². The van der Waals surface area contributed by atoms with Crippen LogP contribution in [0.2, 0.25) is 0 Å². The molecule has 3 heterocycles. The van der Waals surface area contributed by atoms with Crippen LogP contribution in [0.4, 0.5) is 0 Å². The minimum atomic E-state index is -0.131. The van der Waals surface area contributed by atoms with E-state index >= 15 is 0 Å². The molecule has 25 heavy (non-hydrogen) atoms. The lowest BCUT2D eigenvalue weighted by atomic mass is 10.2. The highest BCUT2D eigenvalue weighted by atomic mass is 32.2. The summed E-state index contributed by atoms with van der Waals surface area (Å²) in [5.74, 6) is 0.802. The lowest BCUT2D eigenvalue weighted by Gasteiger charge is -2.34. The molecule has 8 heteroatoms. The Balaban J connectivity index is 1.65. The van der Waals surface area contributed by atoms with Crippen molar-refractivity contribution in [3.63, 3.8) is 0 Å². The molecule has 1 fully saturated rings. The number of fused-ring (bicyclic) bond motifs is 1. The van der Waals surface area contributed by atoms with E-state index in [0.717, 1.165) is 23.7 Å². The largest absolute Gasteiger partial charge is 0.339 e. The third kappa shape index (κ3) is 3.89. The lowest BCUT2D eigenvalue weighted by molar-refractivity contribution is -0.138. The molecule has 1 aromatic rings. The van der Waals surface area contributed by atoms with E-state index < -0.39 is 0 Å². The standard InChI is InChI=1S/C17H24N4O3S/c1-3-4-13-9-16(24)21-14(11-25-17(21)18-13)10-15(23)20-7-5-19(6-8-20)12(2)22/h9,14H,3-8,10-11H2,1-2H3. The predicted molar refractivity (Wildman–Crippen MR) is 95.7 cm³/mol. The van der Waals surface area contributed by atoms with E-state index in [9.17, 15) is 14.4 Å². The summed E-state index contributed by atoms with van der Waals surface area (Å²) < 4.78 is 1.67. The van der Waals surface area contributed by atoms with Gasteiger partial charge in [-0.25, -0.2) is 4.98 Å². The van der Waals surface area contributed by atoms with Gasteiger partial charge in [0.15, 0.2) is 5.16 Å². The summed E-state index contributed by atoms with van der Waals surface area (Å²) in [4.78, 5) is 44.5. The quantitative estimate of drug-likeness (QED) is 0.743. The summed E-state index contributed by atoms with van der Waals surface area (Å²) in [5, 5.41) is 0.732. The number of nitrogens with zero attached hydrogens (tertiary/aromatic N) is 4. The van der Waals surface area contributed by atoms with Crippen molar-refractivity contribution < 1.29 is 9.59 Å². The molecule has 0 spiro atoms. The van der Waals surface area contributed by atoms with Gasteiger partial charge in [-0.05, 0) is 6.42 Å². The molecular formula is C17H24N4O3S. The topological polar surface area (TPSA) is 75.5 Å². The van der Waals surface area contributed by atoms with Crippen LogP contribution in [0.3, 0.4) is 0 Å². The summed E-state index contributed by atoms with van der Waals surface area (Å²) in [6.07, 6.45) is 2.07. The second-order valence-corrected chi connectivity index (χ2v) is 7.53. The maximum Gasteiger partial charge on any atom is 0.254 e. The van der Waals surface area contributed by atoms with E-state index in [-0.39, 0.29) is 23.4 Å². The zero-order valence-electron chi connectivity index (χ0n) is 14.7. The molecule has 136 valence electrons. The number of rotatable bonds is 4. The minimum Gasteiger partial charge on any atom is -0.339 e. The average molecular weight is 364 g/mol. The van der Waals surface area contributed by atoms with Crippen molar-refractivity contribution in [2.45, 2.75) is 44.3 Å². The zero-order chi connectivity index (χ0) is 18.0. The second kappa shape index (κ2) is 7.59. The van der Waals surface area contributed by atoms with Crippen LogP contribution in [0.25, 0.3) is 0 Å². The van der Waals surface area contributed by atoms with Gasteiger partial charge in [-0.2, -0.15) is 0 Å². The number of carbonyl (C=O) groups excluding carboxylic acids is 2. The Hall–Kier alpha value is -1.83. The van der Waals surface area contributed by atoms with Crippen LogP contribution in [0, 0.1) is 0 Å². The van der Waals surface area contributed by atoms with Gasteiger partial charge in [-0.1, -0.05) is 25.1 Å². The van der Waals surface area contributed by atoms with Crippen LogP contribution in [-0.2, 0) is 16.0 Å². The van der Waals surface area contributed by atoms with Crippen LogP contribution in [-0.4, -0.2) is 63.1 Å². The molecule has 1 saturated heterocycles. The third-order valence-corrected chi connectivity index (χ3v) is 5.83. The lowest BCUT2D eigenvalue weighted by Crippen LogP contribution is -2.50. The SMILES string of the molecule is CCCc1cc(=O)n2c(n1)SCC2CC(=O)N1CCN(C(C)=O)CC1. The number of hydrogen-bond donors (Lipinski definition) is 0. The van der Waals surface area contributed by atoms with E-state index in [2.05, 4.69) is 11.9 Å². The summed E-state index contributed by atoms with van der Waals surface area (Å²) in [7, 11) is 0. The van der Waals surface area contributed by atoms with Crippen LogP contribution in [0.1, 0.15) is 38.4 Å². The fourth-order valence-corrected chi connectivity index (χ4v) is 4.50. The van der Waals surface area contributed by atoms with Crippen molar-refractivity contribution in [1.29, 1.82) is 0 Å². The van der Waals surface area contributed by atoms with Gasteiger partial charge in [0.1, 0.15) is 0 Å². The fraction of sp³-hybridized carbons (Fsp3) is 0.647. The summed E-state index contributed by atoms with van der Waals surface area (Å²) in [6, 6.07) is 1.47. The number of amides is 2. The molecule has 0 aliphatic carbocycles. The smallest absolute Gasteiger partial charge is 0.254 e. The normalized spacial score (nSPS) is 19.8. The van der Waals surface area contributed by atoms with Crippen LogP contribution >= 0.6 is 11.8 Å². The molecule has 1 aromatic heterocycles. The number of piperazine rings is 1. The zero-order valence-corrected chi connectivity index (χ0v) is 15.5. The van der Waals surface area contributed by atoms with Gasteiger partial charge in [-0.3, -0.25) is 19.0 Å². The van der Waals surface area contributed by atoms with Crippen LogP contribution < -0.4 is 5.56 Å². The molecule has 7 nitrogen and oxygen atoms in total. The van der Waals surface area contributed by atoms with E-state index in [1.165, 1.54) is 0 Å². The Kier molecular flexibility index (Phi) is 5.46.